The van der Waals surface area contributed by atoms with Gasteiger partial charge in [-0.15, -0.1) is 0 Å². The maximum absolute atomic E-state index is 13.6. The van der Waals surface area contributed by atoms with E-state index in [-0.39, 0.29) is 11.9 Å². The third-order valence-electron chi connectivity index (χ3n) is 2.28. The van der Waals surface area contributed by atoms with Crippen molar-refractivity contribution in [2.24, 2.45) is 0 Å². The maximum atomic E-state index is 13.6. The molecule has 1 atom stereocenters. The molecule has 0 aromatic heterocycles. The lowest BCUT2D eigenvalue weighted by Crippen LogP contribution is -2.31. The number of benzene rings is 1. The van der Waals surface area contributed by atoms with Crippen LogP contribution in [-0.2, 0) is 0 Å². The topological polar surface area (TPSA) is 15.3 Å². The molecule has 0 spiro atoms. The lowest BCUT2D eigenvalue weighted by molar-refractivity contribution is 0.339. The smallest absolute Gasteiger partial charge is 0.128 e. The van der Waals surface area contributed by atoms with Crippen LogP contribution in [0.15, 0.2) is 24.3 Å². The molecule has 1 aromatic rings. The van der Waals surface area contributed by atoms with Crippen molar-refractivity contribution in [2.45, 2.75) is 13.0 Å². The number of hydrogen-bond acceptors (Lipinski definition) is 2. The number of halogens is 1. The molecule has 1 N–H and O–H groups in total. The second kappa shape index (κ2) is 5.83. The fourth-order valence-electron chi connectivity index (χ4n) is 1.64. The van der Waals surface area contributed by atoms with E-state index in [2.05, 4.69) is 10.2 Å². The molecule has 1 rings (SSSR count). The summed E-state index contributed by atoms with van der Waals surface area (Å²) in [5.41, 5.74) is 0.744. The van der Waals surface area contributed by atoms with Crippen LogP contribution in [0.5, 0.6) is 0 Å². The fourth-order valence-corrected chi connectivity index (χ4v) is 1.64. The molecule has 0 heterocycles. The van der Waals surface area contributed by atoms with Crippen molar-refractivity contribution in [3.8, 4) is 0 Å². The molecule has 0 bridgehead atoms. The zero-order valence-electron chi connectivity index (χ0n) is 9.63. The predicted octanol–water partition coefficient (Wildman–Crippen LogP) is 2.04. The lowest BCUT2D eigenvalue weighted by atomic mass is 10.1. The van der Waals surface area contributed by atoms with E-state index in [9.17, 15) is 4.39 Å². The van der Waals surface area contributed by atoms with Gasteiger partial charge in [-0.1, -0.05) is 25.1 Å². The Morgan fingerprint density at radius 1 is 1.33 bits per heavy atom. The van der Waals surface area contributed by atoms with E-state index in [0.29, 0.717) is 0 Å². The molecule has 0 aliphatic heterocycles. The van der Waals surface area contributed by atoms with Gasteiger partial charge in [0.2, 0.25) is 0 Å². The Kier molecular flexibility index (Phi) is 4.72. The third-order valence-corrected chi connectivity index (χ3v) is 2.28. The Bertz CT molecular complexity index is 299. The highest BCUT2D eigenvalue weighted by Gasteiger charge is 2.14. The van der Waals surface area contributed by atoms with Crippen molar-refractivity contribution in [1.29, 1.82) is 0 Å². The highest BCUT2D eigenvalue weighted by Crippen LogP contribution is 2.17. The van der Waals surface area contributed by atoms with Crippen molar-refractivity contribution in [2.75, 3.05) is 27.2 Å². The van der Waals surface area contributed by atoms with Crippen molar-refractivity contribution >= 4 is 0 Å². The summed E-state index contributed by atoms with van der Waals surface area (Å²) < 4.78 is 13.6. The van der Waals surface area contributed by atoms with Crippen LogP contribution in [0.25, 0.3) is 0 Å². The molecule has 1 unspecified atom stereocenters. The molecule has 0 saturated carbocycles. The molecule has 0 amide bonds. The molecule has 1 aromatic carbocycles. The highest BCUT2D eigenvalue weighted by atomic mass is 19.1. The van der Waals surface area contributed by atoms with Crippen molar-refractivity contribution in [1.82, 2.24) is 10.2 Å². The standard InChI is InChI=1S/C12H19FN2/c1-4-14-12(9-15(2)3)10-7-5-6-8-11(10)13/h5-8,12,14H,4,9H2,1-3H3. The van der Waals surface area contributed by atoms with E-state index in [4.69, 9.17) is 0 Å². The average Bonchev–Trinajstić information content (AvgIpc) is 2.17. The number of nitrogens with one attached hydrogen (secondary N) is 1. The largest absolute Gasteiger partial charge is 0.309 e. The highest BCUT2D eigenvalue weighted by molar-refractivity contribution is 5.21. The monoisotopic (exact) mass is 210 g/mol. The van der Waals surface area contributed by atoms with Gasteiger partial charge in [0.25, 0.3) is 0 Å². The minimum Gasteiger partial charge on any atom is -0.309 e. The molecule has 2 nitrogen and oxygen atoms in total. The molecular formula is C12H19FN2. The second-order valence-corrected chi connectivity index (χ2v) is 3.89. The van der Waals surface area contributed by atoms with Crippen LogP contribution in [0.3, 0.4) is 0 Å². The summed E-state index contributed by atoms with van der Waals surface area (Å²) in [6.45, 7) is 3.67. The molecule has 3 heteroatoms. The number of hydrogen-bond donors (Lipinski definition) is 1. The first-order valence-corrected chi connectivity index (χ1v) is 5.27. The van der Waals surface area contributed by atoms with Crippen LogP contribution in [0.1, 0.15) is 18.5 Å². The predicted molar refractivity (Wildman–Crippen MR) is 61.4 cm³/mol. The first kappa shape index (κ1) is 12.1. The van der Waals surface area contributed by atoms with Gasteiger partial charge in [-0.2, -0.15) is 0 Å². The number of likely N-dealkylation sites (N-methyl/N-ethyl adjacent to an activating group) is 2. The van der Waals surface area contributed by atoms with Gasteiger partial charge in [-0.05, 0) is 26.7 Å². The summed E-state index contributed by atoms with van der Waals surface area (Å²) in [6.07, 6.45) is 0. The minimum absolute atomic E-state index is 0.0613. The van der Waals surface area contributed by atoms with E-state index in [0.717, 1.165) is 18.7 Å². The molecule has 0 radical (unpaired) electrons. The first-order chi connectivity index (χ1) is 7.15. The summed E-state index contributed by atoms with van der Waals surface area (Å²) in [6, 6.07) is 7.00. The fraction of sp³-hybridized carbons (Fsp3) is 0.500. The van der Waals surface area contributed by atoms with E-state index >= 15 is 0 Å². The molecule has 0 aliphatic rings. The molecule has 84 valence electrons. The summed E-state index contributed by atoms with van der Waals surface area (Å²) in [4.78, 5) is 2.06. The van der Waals surface area contributed by atoms with Crippen molar-refractivity contribution in [3.63, 3.8) is 0 Å². The van der Waals surface area contributed by atoms with Crippen LogP contribution in [-0.4, -0.2) is 32.1 Å². The molecule has 0 saturated heterocycles. The maximum Gasteiger partial charge on any atom is 0.128 e. The van der Waals surface area contributed by atoms with Crippen LogP contribution in [0, 0.1) is 5.82 Å². The number of rotatable bonds is 5. The van der Waals surface area contributed by atoms with Gasteiger partial charge >= 0.3 is 0 Å². The van der Waals surface area contributed by atoms with Crippen LogP contribution in [0.4, 0.5) is 4.39 Å². The Morgan fingerprint density at radius 3 is 2.53 bits per heavy atom. The lowest BCUT2D eigenvalue weighted by Gasteiger charge is -2.22. The summed E-state index contributed by atoms with van der Waals surface area (Å²) >= 11 is 0. The van der Waals surface area contributed by atoms with Gasteiger partial charge in [-0.25, -0.2) is 4.39 Å². The third kappa shape index (κ3) is 3.61. The summed E-state index contributed by atoms with van der Waals surface area (Å²) in [7, 11) is 3.98. The molecule has 0 fully saturated rings. The molecule has 0 aliphatic carbocycles. The Balaban J connectivity index is 2.83. The van der Waals surface area contributed by atoms with Gasteiger partial charge in [0.1, 0.15) is 5.82 Å². The van der Waals surface area contributed by atoms with E-state index in [1.807, 2.05) is 33.2 Å². The Labute approximate surface area is 91.1 Å². The molecular weight excluding hydrogens is 191 g/mol. The van der Waals surface area contributed by atoms with Gasteiger partial charge in [0, 0.05) is 18.2 Å². The SMILES string of the molecule is CCNC(CN(C)C)c1ccccc1F. The van der Waals surface area contributed by atoms with Crippen LogP contribution in [0.2, 0.25) is 0 Å². The van der Waals surface area contributed by atoms with Crippen LogP contribution >= 0.6 is 0 Å². The number of nitrogens with zero attached hydrogens (tertiary/aromatic N) is 1. The average molecular weight is 210 g/mol. The Morgan fingerprint density at radius 2 is 2.00 bits per heavy atom. The zero-order valence-corrected chi connectivity index (χ0v) is 9.63. The zero-order chi connectivity index (χ0) is 11.3. The van der Waals surface area contributed by atoms with E-state index in [1.54, 1.807) is 6.07 Å². The van der Waals surface area contributed by atoms with E-state index in [1.165, 1.54) is 6.07 Å². The van der Waals surface area contributed by atoms with Crippen molar-refractivity contribution in [3.05, 3.63) is 35.6 Å². The van der Waals surface area contributed by atoms with Gasteiger partial charge in [0.05, 0.1) is 0 Å². The minimum atomic E-state index is -0.134. The normalized spacial score (nSPS) is 13.1. The Hall–Kier alpha value is -0.930. The summed E-state index contributed by atoms with van der Waals surface area (Å²) in [5.74, 6) is -0.134. The first-order valence-electron chi connectivity index (χ1n) is 5.27. The molecule has 15 heavy (non-hydrogen) atoms. The summed E-state index contributed by atoms with van der Waals surface area (Å²) in [5, 5.41) is 3.29. The van der Waals surface area contributed by atoms with Crippen molar-refractivity contribution < 1.29 is 4.39 Å². The van der Waals surface area contributed by atoms with Crippen LogP contribution < -0.4 is 5.32 Å². The van der Waals surface area contributed by atoms with Gasteiger partial charge < -0.3 is 10.2 Å². The van der Waals surface area contributed by atoms with Gasteiger partial charge in [0.15, 0.2) is 0 Å². The quantitative estimate of drug-likeness (QED) is 0.800. The van der Waals surface area contributed by atoms with Gasteiger partial charge in [-0.3, -0.25) is 0 Å². The second-order valence-electron chi connectivity index (χ2n) is 3.89. The van der Waals surface area contributed by atoms with E-state index < -0.39 is 0 Å².